The number of methoxy groups -OCH3 is 1. The average molecular weight is 586 g/mol. The fourth-order valence-electron chi connectivity index (χ4n) is 5.94. The molecule has 2 N–H and O–H groups in total. The van der Waals surface area contributed by atoms with Crippen LogP contribution >= 0.6 is 0 Å². The Labute approximate surface area is 252 Å². The number of nitrogens with one attached hydrogen (secondary N) is 1. The summed E-state index contributed by atoms with van der Waals surface area (Å²) in [5.41, 5.74) is 3.95. The van der Waals surface area contributed by atoms with Gasteiger partial charge in [-0.1, -0.05) is 61.5 Å². The number of fused-ring (bicyclic) bond motifs is 1. The molecule has 3 aromatic rings. The maximum absolute atomic E-state index is 14.0. The topological polar surface area (TPSA) is 106 Å². The van der Waals surface area contributed by atoms with Crippen LogP contribution in [0.3, 0.4) is 0 Å². The molecule has 10 heteroatoms. The van der Waals surface area contributed by atoms with Crippen molar-refractivity contribution in [3.63, 3.8) is 0 Å². The highest BCUT2D eigenvalue weighted by atomic mass is 16.5. The predicted octanol–water partition coefficient (Wildman–Crippen LogP) is 3.19. The number of nitrogens with zero attached hydrogens (tertiary/aromatic N) is 4. The number of benzene rings is 3. The van der Waals surface area contributed by atoms with E-state index < -0.39 is 12.2 Å². The summed E-state index contributed by atoms with van der Waals surface area (Å²) >= 11 is 0. The molecule has 2 heterocycles. The first kappa shape index (κ1) is 29.9. The largest absolute Gasteiger partial charge is 0.508 e. The SMILES string of the molecule is CCc1cc(CCN2C[C@H]3N(C(=O)CN(C)N3C(=O)NCc3ccccc3)[C@@H](Cc3ccc(O)cc3)C2=O)ccc1OC. The summed E-state index contributed by atoms with van der Waals surface area (Å²) in [4.78, 5) is 44.5. The number of hydrogen-bond acceptors (Lipinski definition) is 6. The lowest BCUT2D eigenvalue weighted by atomic mass is 9.98. The zero-order valence-electron chi connectivity index (χ0n) is 24.9. The van der Waals surface area contributed by atoms with Gasteiger partial charge in [0.2, 0.25) is 11.8 Å². The maximum Gasteiger partial charge on any atom is 0.334 e. The molecule has 2 saturated heterocycles. The molecule has 0 bridgehead atoms. The minimum Gasteiger partial charge on any atom is -0.508 e. The normalized spacial score (nSPS) is 18.9. The van der Waals surface area contributed by atoms with Gasteiger partial charge in [0.1, 0.15) is 23.7 Å². The van der Waals surface area contributed by atoms with Gasteiger partial charge < -0.3 is 25.0 Å². The standard InChI is InChI=1S/C33H39N5O5/c1-4-26-18-24(12-15-29(26)43-3)16-17-36-21-30-37(28(32(36)41)19-23-10-13-27(39)14-11-23)31(40)22-35(2)38(30)33(42)34-20-25-8-6-5-7-9-25/h5-15,18,28,30,39H,4,16-17,19-22H2,1-3H3,(H,34,42)/t28-,30-/m0/s1. The molecule has 5 rings (SSSR count). The number of hydrogen-bond donors (Lipinski definition) is 2. The Morgan fingerprint density at radius 2 is 1.72 bits per heavy atom. The molecule has 0 unspecified atom stereocenters. The zero-order valence-corrected chi connectivity index (χ0v) is 24.9. The van der Waals surface area contributed by atoms with Gasteiger partial charge in [0.25, 0.3) is 0 Å². The van der Waals surface area contributed by atoms with Crippen LogP contribution in [0.1, 0.15) is 29.2 Å². The minimum atomic E-state index is -0.795. The first-order chi connectivity index (χ1) is 20.8. The number of carbonyl (C=O) groups is 3. The number of aromatic hydroxyl groups is 1. The van der Waals surface area contributed by atoms with Gasteiger partial charge in [0.05, 0.1) is 20.2 Å². The lowest BCUT2D eigenvalue weighted by Gasteiger charge is -2.54. The number of phenolic OH excluding ortho intramolecular Hbond substituents is 1. The molecule has 3 aromatic carbocycles. The number of amides is 4. The van der Waals surface area contributed by atoms with Crippen LogP contribution in [0.25, 0.3) is 0 Å². The van der Waals surface area contributed by atoms with Gasteiger partial charge in [-0.05, 0) is 53.3 Å². The van der Waals surface area contributed by atoms with E-state index in [2.05, 4.69) is 18.3 Å². The summed E-state index contributed by atoms with van der Waals surface area (Å²) in [6.45, 7) is 3.01. The fraction of sp³-hybridized carbons (Fsp3) is 0.364. The van der Waals surface area contributed by atoms with Crippen molar-refractivity contribution in [3.8, 4) is 11.5 Å². The number of ether oxygens (including phenoxy) is 1. The van der Waals surface area contributed by atoms with Gasteiger partial charge in [-0.2, -0.15) is 0 Å². The van der Waals surface area contributed by atoms with E-state index in [4.69, 9.17) is 4.74 Å². The molecule has 0 saturated carbocycles. The van der Waals surface area contributed by atoms with Crippen molar-refractivity contribution in [2.45, 2.75) is 44.9 Å². The quantitative estimate of drug-likeness (QED) is 0.400. The molecule has 4 amide bonds. The van der Waals surface area contributed by atoms with Crippen molar-refractivity contribution >= 4 is 17.8 Å². The Bertz CT molecular complexity index is 1450. The number of urea groups is 1. The van der Waals surface area contributed by atoms with Crippen LogP contribution in [0.2, 0.25) is 0 Å². The Balaban J connectivity index is 1.42. The van der Waals surface area contributed by atoms with E-state index >= 15 is 0 Å². The lowest BCUT2D eigenvalue weighted by Crippen LogP contribution is -2.76. The van der Waals surface area contributed by atoms with Crippen molar-refractivity contribution in [3.05, 3.63) is 95.1 Å². The molecule has 43 heavy (non-hydrogen) atoms. The molecule has 10 nitrogen and oxygen atoms in total. The summed E-state index contributed by atoms with van der Waals surface area (Å²) in [5, 5.41) is 16.0. The van der Waals surface area contributed by atoms with E-state index in [0.29, 0.717) is 19.5 Å². The van der Waals surface area contributed by atoms with Crippen LogP contribution < -0.4 is 10.1 Å². The number of rotatable bonds is 9. The highest BCUT2D eigenvalue weighted by molar-refractivity contribution is 5.91. The number of hydrazine groups is 1. The molecule has 2 aliphatic heterocycles. The van der Waals surface area contributed by atoms with Gasteiger partial charge in [-0.25, -0.2) is 14.8 Å². The third-order valence-corrected chi connectivity index (χ3v) is 8.20. The molecule has 0 aliphatic carbocycles. The summed E-state index contributed by atoms with van der Waals surface area (Å²) in [6, 6.07) is 21.2. The second-order valence-electron chi connectivity index (χ2n) is 11.0. The first-order valence-corrected chi connectivity index (χ1v) is 14.6. The van der Waals surface area contributed by atoms with E-state index in [-0.39, 0.29) is 43.1 Å². The smallest absolute Gasteiger partial charge is 0.334 e. The third kappa shape index (κ3) is 6.59. The summed E-state index contributed by atoms with van der Waals surface area (Å²) in [7, 11) is 3.38. The molecule has 2 aliphatic rings. The Morgan fingerprint density at radius 3 is 2.42 bits per heavy atom. The van der Waals surface area contributed by atoms with Gasteiger partial charge in [-0.15, -0.1) is 0 Å². The number of phenols is 1. The van der Waals surface area contributed by atoms with Gasteiger partial charge >= 0.3 is 6.03 Å². The number of likely N-dealkylation sites (N-methyl/N-ethyl adjacent to an activating group) is 1. The molecule has 2 atom stereocenters. The summed E-state index contributed by atoms with van der Waals surface area (Å²) in [5.74, 6) is 0.599. The zero-order chi connectivity index (χ0) is 30.5. The molecular formula is C33H39N5O5. The average Bonchev–Trinajstić information content (AvgIpc) is 3.01. The first-order valence-electron chi connectivity index (χ1n) is 14.6. The summed E-state index contributed by atoms with van der Waals surface area (Å²) < 4.78 is 5.48. The second-order valence-corrected chi connectivity index (χ2v) is 11.0. The molecule has 0 aromatic heterocycles. The number of piperazine rings is 1. The fourth-order valence-corrected chi connectivity index (χ4v) is 5.94. The molecule has 0 spiro atoms. The van der Waals surface area contributed by atoms with E-state index in [1.807, 2.05) is 42.5 Å². The van der Waals surface area contributed by atoms with Crippen molar-refractivity contribution in [1.29, 1.82) is 0 Å². The van der Waals surface area contributed by atoms with Crippen LogP contribution in [-0.4, -0.2) is 88.8 Å². The van der Waals surface area contributed by atoms with Crippen LogP contribution in [-0.2, 0) is 35.4 Å². The monoisotopic (exact) mass is 585 g/mol. The molecule has 226 valence electrons. The summed E-state index contributed by atoms with van der Waals surface area (Å²) in [6.07, 6.45) is 1.03. The van der Waals surface area contributed by atoms with Gasteiger partial charge in [0.15, 0.2) is 0 Å². The minimum absolute atomic E-state index is 0.0275. The van der Waals surface area contributed by atoms with Crippen LogP contribution in [0.5, 0.6) is 11.5 Å². The highest BCUT2D eigenvalue weighted by Gasteiger charge is 2.50. The highest BCUT2D eigenvalue weighted by Crippen LogP contribution is 2.29. The molecule has 2 fully saturated rings. The Kier molecular flexibility index (Phi) is 9.16. The van der Waals surface area contributed by atoms with Crippen molar-refractivity contribution in [2.75, 3.05) is 33.8 Å². The van der Waals surface area contributed by atoms with E-state index in [1.165, 1.54) is 0 Å². The maximum atomic E-state index is 14.0. The van der Waals surface area contributed by atoms with Crippen LogP contribution in [0.15, 0.2) is 72.8 Å². The number of aryl methyl sites for hydroxylation is 1. The Morgan fingerprint density at radius 1 is 1.00 bits per heavy atom. The van der Waals surface area contributed by atoms with E-state index in [0.717, 1.165) is 34.4 Å². The van der Waals surface area contributed by atoms with Gasteiger partial charge in [0, 0.05) is 26.6 Å². The van der Waals surface area contributed by atoms with Crippen LogP contribution in [0, 0.1) is 0 Å². The lowest BCUT2D eigenvalue weighted by molar-refractivity contribution is -0.186. The predicted molar refractivity (Wildman–Crippen MR) is 162 cm³/mol. The number of carbonyl (C=O) groups excluding carboxylic acids is 3. The third-order valence-electron chi connectivity index (χ3n) is 8.20. The van der Waals surface area contributed by atoms with Crippen LogP contribution in [0.4, 0.5) is 4.79 Å². The second kappa shape index (κ2) is 13.2. The van der Waals surface area contributed by atoms with E-state index in [9.17, 15) is 19.5 Å². The molecule has 0 radical (unpaired) electrons. The van der Waals surface area contributed by atoms with Crippen molar-refractivity contribution < 1.29 is 24.2 Å². The molecular weight excluding hydrogens is 546 g/mol. The van der Waals surface area contributed by atoms with E-state index in [1.54, 1.807) is 58.2 Å². The Hall–Kier alpha value is -4.57. The van der Waals surface area contributed by atoms with Crippen molar-refractivity contribution in [2.24, 2.45) is 0 Å². The van der Waals surface area contributed by atoms with Crippen molar-refractivity contribution in [1.82, 2.24) is 25.1 Å². The van der Waals surface area contributed by atoms with Gasteiger partial charge in [-0.3, -0.25) is 9.59 Å².